The number of pyridine rings is 1. The molecule has 0 bridgehead atoms. The van der Waals surface area contributed by atoms with Crippen LogP contribution in [0.4, 0.5) is 0 Å². The number of benzene rings is 2. The summed E-state index contributed by atoms with van der Waals surface area (Å²) < 4.78 is 13.7. The number of fused-ring (bicyclic) bond motifs is 4. The van der Waals surface area contributed by atoms with Crippen LogP contribution in [-0.2, 0) is 5.75 Å². The van der Waals surface area contributed by atoms with Crippen molar-refractivity contribution < 1.29 is 14.3 Å². The van der Waals surface area contributed by atoms with E-state index in [1.807, 2.05) is 30.3 Å². The first kappa shape index (κ1) is 21.2. The van der Waals surface area contributed by atoms with Crippen molar-refractivity contribution in [2.24, 2.45) is 0 Å². The Bertz CT molecular complexity index is 1630. The van der Waals surface area contributed by atoms with Gasteiger partial charge >= 0.3 is 0 Å². The number of hydrogen-bond acceptors (Lipinski definition) is 8. The van der Waals surface area contributed by atoms with Crippen molar-refractivity contribution in [3.8, 4) is 11.5 Å². The fraction of sp³-hybridized carbons (Fsp3) is 0.125. The molecule has 1 amide bonds. The van der Waals surface area contributed by atoms with E-state index in [1.54, 1.807) is 24.3 Å². The highest BCUT2D eigenvalue weighted by Gasteiger charge is 2.17. The number of nitrogens with one attached hydrogen (secondary N) is 1. The molecule has 0 spiro atoms. The van der Waals surface area contributed by atoms with Crippen molar-refractivity contribution >= 4 is 34.3 Å². The SMILES string of the molecule is O=C(Nn1ccc2c(cnc3nc(SCc4ccccc4)nn32)c1=O)c1ccc2c(c1)OCCO2. The molecule has 0 saturated heterocycles. The first-order valence-electron chi connectivity index (χ1n) is 10.8. The van der Waals surface area contributed by atoms with E-state index in [1.165, 1.54) is 28.7 Å². The molecule has 5 aromatic rings. The molecule has 0 saturated carbocycles. The Labute approximate surface area is 202 Å². The summed E-state index contributed by atoms with van der Waals surface area (Å²) in [7, 11) is 0. The lowest BCUT2D eigenvalue weighted by Gasteiger charge is -2.18. The lowest BCUT2D eigenvalue weighted by Crippen LogP contribution is -2.33. The van der Waals surface area contributed by atoms with E-state index < -0.39 is 11.5 Å². The zero-order chi connectivity index (χ0) is 23.8. The number of hydrogen-bond donors (Lipinski definition) is 1. The summed E-state index contributed by atoms with van der Waals surface area (Å²) in [6, 6.07) is 16.6. The van der Waals surface area contributed by atoms with Crippen LogP contribution in [0.25, 0.3) is 16.7 Å². The maximum Gasteiger partial charge on any atom is 0.280 e. The fourth-order valence-electron chi connectivity index (χ4n) is 3.73. The lowest BCUT2D eigenvalue weighted by atomic mass is 10.2. The van der Waals surface area contributed by atoms with Gasteiger partial charge in [0.15, 0.2) is 11.5 Å². The Balaban J connectivity index is 1.27. The third-order valence-corrected chi connectivity index (χ3v) is 6.36. The van der Waals surface area contributed by atoms with Gasteiger partial charge in [0, 0.05) is 23.7 Å². The molecule has 3 aromatic heterocycles. The van der Waals surface area contributed by atoms with Gasteiger partial charge in [0.2, 0.25) is 5.16 Å². The number of carbonyl (C=O) groups excluding carboxylic acids is 1. The highest BCUT2D eigenvalue weighted by atomic mass is 32.2. The van der Waals surface area contributed by atoms with Crippen LogP contribution in [0.1, 0.15) is 15.9 Å². The van der Waals surface area contributed by atoms with Gasteiger partial charge in [-0.25, -0.2) is 9.66 Å². The second kappa shape index (κ2) is 8.76. The van der Waals surface area contributed by atoms with Crippen LogP contribution < -0.4 is 20.5 Å². The van der Waals surface area contributed by atoms with Crippen LogP contribution in [-0.4, -0.2) is 43.4 Å². The second-order valence-electron chi connectivity index (χ2n) is 7.73. The van der Waals surface area contributed by atoms with Gasteiger partial charge in [0.05, 0.1) is 10.9 Å². The molecule has 1 N–H and O–H groups in total. The van der Waals surface area contributed by atoms with Crippen LogP contribution in [0.2, 0.25) is 0 Å². The number of ether oxygens (including phenoxy) is 2. The molecule has 11 heteroatoms. The average molecular weight is 487 g/mol. The van der Waals surface area contributed by atoms with Gasteiger partial charge in [-0.15, -0.1) is 5.10 Å². The van der Waals surface area contributed by atoms with Gasteiger partial charge in [-0.2, -0.15) is 9.50 Å². The zero-order valence-corrected chi connectivity index (χ0v) is 19.1. The lowest BCUT2D eigenvalue weighted by molar-refractivity contribution is 0.101. The maximum absolute atomic E-state index is 13.1. The summed E-state index contributed by atoms with van der Waals surface area (Å²) >= 11 is 1.49. The van der Waals surface area contributed by atoms with Crippen LogP contribution in [0, 0.1) is 0 Å². The number of amides is 1. The largest absolute Gasteiger partial charge is 0.486 e. The van der Waals surface area contributed by atoms with Crippen molar-refractivity contribution in [2.75, 3.05) is 18.6 Å². The quantitative estimate of drug-likeness (QED) is 0.378. The number of aromatic nitrogens is 5. The molecule has 35 heavy (non-hydrogen) atoms. The minimum absolute atomic E-state index is 0.298. The van der Waals surface area contributed by atoms with Crippen LogP contribution in [0.5, 0.6) is 11.5 Å². The summed E-state index contributed by atoms with van der Waals surface area (Å²) in [5.41, 5.74) is 4.22. The van der Waals surface area contributed by atoms with Crippen LogP contribution >= 0.6 is 11.8 Å². The minimum Gasteiger partial charge on any atom is -0.486 e. The molecule has 0 radical (unpaired) electrons. The summed E-state index contributed by atoms with van der Waals surface area (Å²) in [6.07, 6.45) is 2.93. The first-order valence-corrected chi connectivity index (χ1v) is 11.8. The Morgan fingerprint density at radius 3 is 2.74 bits per heavy atom. The van der Waals surface area contributed by atoms with Gasteiger partial charge < -0.3 is 9.47 Å². The molecule has 6 rings (SSSR count). The Morgan fingerprint density at radius 1 is 1.06 bits per heavy atom. The van der Waals surface area contributed by atoms with E-state index in [0.717, 1.165) is 10.2 Å². The molecular weight excluding hydrogens is 468 g/mol. The molecule has 0 fully saturated rings. The normalized spacial score (nSPS) is 12.7. The summed E-state index contributed by atoms with van der Waals surface area (Å²) in [5, 5.41) is 5.38. The number of thioether (sulfide) groups is 1. The standard InChI is InChI=1S/C24H18N6O4S/c31-21(16-6-7-19-20(12-16)34-11-10-33-19)27-29-9-8-18-17(22(29)32)13-25-23-26-24(28-30(18)23)35-14-15-4-2-1-3-5-15/h1-9,12-13H,10-11,14H2,(H,27,31). The minimum atomic E-state index is -0.460. The fourth-order valence-corrected chi connectivity index (χ4v) is 4.50. The number of carbonyl (C=O) groups is 1. The molecule has 1 aliphatic rings. The van der Waals surface area contributed by atoms with E-state index in [-0.39, 0.29) is 0 Å². The maximum atomic E-state index is 13.1. The van der Waals surface area contributed by atoms with E-state index in [4.69, 9.17) is 9.47 Å². The van der Waals surface area contributed by atoms with Crippen molar-refractivity contribution in [2.45, 2.75) is 10.9 Å². The van der Waals surface area contributed by atoms with E-state index in [2.05, 4.69) is 20.5 Å². The van der Waals surface area contributed by atoms with Gasteiger partial charge in [-0.3, -0.25) is 15.0 Å². The summed E-state index contributed by atoms with van der Waals surface area (Å²) in [6.45, 7) is 0.879. The monoisotopic (exact) mass is 486 g/mol. The first-order chi connectivity index (χ1) is 17.2. The smallest absolute Gasteiger partial charge is 0.280 e. The van der Waals surface area contributed by atoms with Gasteiger partial charge in [0.1, 0.15) is 13.2 Å². The third kappa shape index (κ3) is 4.06. The summed E-state index contributed by atoms with van der Waals surface area (Å²) in [4.78, 5) is 34.6. The molecule has 10 nitrogen and oxygen atoms in total. The van der Waals surface area contributed by atoms with Gasteiger partial charge in [-0.1, -0.05) is 42.1 Å². The second-order valence-corrected chi connectivity index (χ2v) is 8.67. The summed E-state index contributed by atoms with van der Waals surface area (Å²) in [5.74, 6) is 1.73. The zero-order valence-electron chi connectivity index (χ0n) is 18.2. The van der Waals surface area contributed by atoms with Crippen molar-refractivity contribution in [3.63, 3.8) is 0 Å². The topological polar surface area (TPSA) is 113 Å². The number of rotatable bonds is 5. The van der Waals surface area contributed by atoms with Gasteiger partial charge in [-0.05, 0) is 29.8 Å². The van der Waals surface area contributed by atoms with E-state index >= 15 is 0 Å². The molecule has 0 unspecified atom stereocenters. The molecule has 0 atom stereocenters. The van der Waals surface area contributed by atoms with Crippen molar-refractivity contribution in [1.82, 2.24) is 24.3 Å². The molecule has 174 valence electrons. The van der Waals surface area contributed by atoms with Crippen LogP contribution in [0.3, 0.4) is 0 Å². The average Bonchev–Trinajstić information content (AvgIpc) is 3.33. The van der Waals surface area contributed by atoms with Crippen molar-refractivity contribution in [1.29, 1.82) is 0 Å². The van der Waals surface area contributed by atoms with Gasteiger partial charge in [0.25, 0.3) is 17.2 Å². The Kier molecular flexibility index (Phi) is 5.30. The molecule has 0 aliphatic carbocycles. The highest BCUT2D eigenvalue weighted by molar-refractivity contribution is 7.98. The van der Waals surface area contributed by atoms with E-state index in [9.17, 15) is 9.59 Å². The number of nitrogens with zero attached hydrogens (tertiary/aromatic N) is 5. The van der Waals surface area contributed by atoms with Crippen LogP contribution in [0.15, 0.2) is 76.9 Å². The van der Waals surface area contributed by atoms with E-state index in [0.29, 0.717) is 57.9 Å². The molecular formula is C24H18N6O4S. The molecule has 4 heterocycles. The molecule has 2 aromatic carbocycles. The predicted molar refractivity (Wildman–Crippen MR) is 130 cm³/mol. The Hall–Kier alpha value is -4.38. The predicted octanol–water partition coefficient (Wildman–Crippen LogP) is 2.89. The van der Waals surface area contributed by atoms with Crippen molar-refractivity contribution in [3.05, 3.63) is 88.5 Å². The Morgan fingerprint density at radius 2 is 1.89 bits per heavy atom. The third-order valence-electron chi connectivity index (χ3n) is 5.45. The highest BCUT2D eigenvalue weighted by Crippen LogP contribution is 2.30. The molecule has 1 aliphatic heterocycles.